The van der Waals surface area contributed by atoms with E-state index in [-0.39, 0.29) is 12.1 Å². The molecule has 1 aliphatic carbocycles. The molecule has 2 bridgehead atoms. The molecule has 1 saturated carbocycles. The van der Waals surface area contributed by atoms with Crippen LogP contribution in [0.15, 0.2) is 0 Å². The molecule has 0 radical (unpaired) electrons. The molecule has 0 aromatic carbocycles. The largest absolute Gasteiger partial charge is 0.315 e. The molecular weight excluding hydrogens is 286 g/mol. The Morgan fingerprint density at radius 3 is 2.67 bits per heavy atom. The molecule has 3 aliphatic rings. The van der Waals surface area contributed by atoms with Crippen LogP contribution in [-0.4, -0.2) is 55.3 Å². The van der Waals surface area contributed by atoms with Crippen molar-refractivity contribution in [2.75, 3.05) is 26.2 Å². The number of hydrogen-bond donors (Lipinski definition) is 1. The van der Waals surface area contributed by atoms with Gasteiger partial charge in [0.15, 0.2) is 0 Å². The van der Waals surface area contributed by atoms with Crippen LogP contribution in [0, 0.1) is 5.92 Å². The molecule has 0 aromatic heterocycles. The van der Waals surface area contributed by atoms with Crippen LogP contribution in [0.1, 0.15) is 51.9 Å². The third-order valence-corrected chi connectivity index (χ3v) is 7.44. The average molecular weight is 315 g/mol. The van der Waals surface area contributed by atoms with E-state index in [0.717, 1.165) is 58.2 Å². The molecule has 0 aromatic rings. The normalized spacial score (nSPS) is 34.6. The van der Waals surface area contributed by atoms with Crippen LogP contribution in [0.3, 0.4) is 0 Å². The van der Waals surface area contributed by atoms with Crippen molar-refractivity contribution in [2.45, 2.75) is 64.0 Å². The molecular formula is C15H29N3O2S. The molecule has 6 heteroatoms. The van der Waals surface area contributed by atoms with Crippen molar-refractivity contribution in [3.8, 4) is 0 Å². The molecule has 122 valence electrons. The molecule has 21 heavy (non-hydrogen) atoms. The van der Waals surface area contributed by atoms with E-state index in [9.17, 15) is 8.42 Å². The topological polar surface area (TPSA) is 52.7 Å². The Balaban J connectivity index is 1.69. The van der Waals surface area contributed by atoms with Crippen LogP contribution in [0.2, 0.25) is 0 Å². The van der Waals surface area contributed by atoms with Gasteiger partial charge in [-0.05, 0) is 51.0 Å². The maximum Gasteiger partial charge on any atom is 0.282 e. The van der Waals surface area contributed by atoms with Gasteiger partial charge in [0.05, 0.1) is 0 Å². The first-order valence-electron chi connectivity index (χ1n) is 8.62. The van der Waals surface area contributed by atoms with E-state index >= 15 is 0 Å². The molecule has 2 saturated heterocycles. The van der Waals surface area contributed by atoms with Crippen molar-refractivity contribution in [3.63, 3.8) is 0 Å². The van der Waals surface area contributed by atoms with E-state index < -0.39 is 10.2 Å². The molecule has 0 spiro atoms. The fraction of sp³-hybridized carbons (Fsp3) is 1.00. The SMILES string of the molecule is CCCNCC1CCCCN1S(=O)(=O)N1CC2CCC1C2. The second-order valence-corrected chi connectivity index (χ2v) is 8.71. The van der Waals surface area contributed by atoms with Crippen LogP contribution in [-0.2, 0) is 10.2 Å². The first-order chi connectivity index (χ1) is 10.1. The summed E-state index contributed by atoms with van der Waals surface area (Å²) in [6, 6.07) is 0.431. The van der Waals surface area contributed by atoms with Gasteiger partial charge in [-0.25, -0.2) is 0 Å². The Morgan fingerprint density at radius 2 is 2.00 bits per heavy atom. The lowest BCUT2D eigenvalue weighted by Crippen LogP contribution is -2.55. The fourth-order valence-electron chi connectivity index (χ4n) is 4.22. The van der Waals surface area contributed by atoms with Gasteiger partial charge in [0.2, 0.25) is 0 Å². The van der Waals surface area contributed by atoms with Crippen molar-refractivity contribution < 1.29 is 8.42 Å². The van der Waals surface area contributed by atoms with Gasteiger partial charge >= 0.3 is 0 Å². The molecule has 5 nitrogen and oxygen atoms in total. The molecule has 3 fully saturated rings. The first-order valence-corrected chi connectivity index (χ1v) is 10.0. The highest BCUT2D eigenvalue weighted by Crippen LogP contribution is 2.40. The highest BCUT2D eigenvalue weighted by atomic mass is 32.2. The lowest BCUT2D eigenvalue weighted by molar-refractivity contribution is 0.216. The van der Waals surface area contributed by atoms with Gasteiger partial charge in [-0.15, -0.1) is 0 Å². The highest BCUT2D eigenvalue weighted by molar-refractivity contribution is 7.86. The summed E-state index contributed by atoms with van der Waals surface area (Å²) in [5.41, 5.74) is 0. The summed E-state index contributed by atoms with van der Waals surface area (Å²) in [6.07, 6.45) is 7.62. The van der Waals surface area contributed by atoms with Gasteiger partial charge in [-0.1, -0.05) is 13.3 Å². The molecule has 1 N–H and O–H groups in total. The van der Waals surface area contributed by atoms with E-state index in [2.05, 4.69) is 12.2 Å². The maximum atomic E-state index is 13.0. The maximum absolute atomic E-state index is 13.0. The summed E-state index contributed by atoms with van der Waals surface area (Å²) in [7, 11) is -3.25. The Morgan fingerprint density at radius 1 is 1.14 bits per heavy atom. The van der Waals surface area contributed by atoms with Crippen LogP contribution in [0.5, 0.6) is 0 Å². The lowest BCUT2D eigenvalue weighted by Gasteiger charge is -2.39. The van der Waals surface area contributed by atoms with Crippen LogP contribution < -0.4 is 5.32 Å². The number of piperidine rings is 2. The van der Waals surface area contributed by atoms with Crippen molar-refractivity contribution >= 4 is 10.2 Å². The zero-order valence-electron chi connectivity index (χ0n) is 13.1. The standard InChI is InChI=1S/C15H29N3O2S/c1-2-8-16-11-15-5-3-4-9-17(15)21(19,20)18-12-13-6-7-14(18)10-13/h13-16H,2-12H2,1H3. The van der Waals surface area contributed by atoms with E-state index in [4.69, 9.17) is 0 Å². The Bertz CT molecular complexity index is 454. The van der Waals surface area contributed by atoms with Crippen molar-refractivity contribution in [3.05, 3.63) is 0 Å². The van der Waals surface area contributed by atoms with E-state index in [0.29, 0.717) is 12.5 Å². The van der Waals surface area contributed by atoms with Gasteiger partial charge in [0.25, 0.3) is 10.2 Å². The summed E-state index contributed by atoms with van der Waals surface area (Å²) in [5.74, 6) is 0.617. The third-order valence-electron chi connectivity index (χ3n) is 5.33. The number of rotatable bonds is 6. The zero-order chi connectivity index (χ0) is 14.9. The van der Waals surface area contributed by atoms with E-state index in [1.807, 2.05) is 4.31 Å². The zero-order valence-corrected chi connectivity index (χ0v) is 13.9. The van der Waals surface area contributed by atoms with Crippen LogP contribution in [0.25, 0.3) is 0 Å². The number of nitrogens with zero attached hydrogens (tertiary/aromatic N) is 2. The van der Waals surface area contributed by atoms with Crippen LogP contribution >= 0.6 is 0 Å². The number of nitrogens with one attached hydrogen (secondary N) is 1. The van der Waals surface area contributed by atoms with Crippen LogP contribution in [0.4, 0.5) is 0 Å². The van der Waals surface area contributed by atoms with Gasteiger partial charge in [-0.3, -0.25) is 0 Å². The van der Waals surface area contributed by atoms with Gasteiger partial charge in [0.1, 0.15) is 0 Å². The predicted octanol–water partition coefficient (Wildman–Crippen LogP) is 1.57. The lowest BCUT2D eigenvalue weighted by atomic mass is 10.1. The number of fused-ring (bicyclic) bond motifs is 2. The predicted molar refractivity (Wildman–Crippen MR) is 84.3 cm³/mol. The minimum Gasteiger partial charge on any atom is -0.315 e. The molecule has 0 amide bonds. The minimum atomic E-state index is -3.25. The van der Waals surface area contributed by atoms with Gasteiger partial charge in [-0.2, -0.15) is 17.0 Å². The fourth-order valence-corrected chi connectivity index (χ4v) is 6.38. The first kappa shape index (κ1) is 15.7. The third kappa shape index (κ3) is 3.14. The van der Waals surface area contributed by atoms with Gasteiger partial charge in [0, 0.05) is 31.7 Å². The summed E-state index contributed by atoms with van der Waals surface area (Å²) in [6.45, 7) is 5.38. The monoisotopic (exact) mass is 315 g/mol. The molecule has 3 unspecified atom stereocenters. The van der Waals surface area contributed by atoms with Gasteiger partial charge < -0.3 is 5.32 Å². The molecule has 2 heterocycles. The summed E-state index contributed by atoms with van der Waals surface area (Å²) in [5, 5.41) is 3.41. The molecule has 2 aliphatic heterocycles. The average Bonchev–Trinajstić information content (AvgIpc) is 3.11. The number of hydrogen-bond acceptors (Lipinski definition) is 3. The highest BCUT2D eigenvalue weighted by Gasteiger charge is 2.47. The van der Waals surface area contributed by atoms with Crippen molar-refractivity contribution in [1.82, 2.24) is 13.9 Å². The molecule has 3 rings (SSSR count). The van der Waals surface area contributed by atoms with Crippen molar-refractivity contribution in [1.29, 1.82) is 0 Å². The van der Waals surface area contributed by atoms with E-state index in [1.165, 1.54) is 6.42 Å². The summed E-state index contributed by atoms with van der Waals surface area (Å²) >= 11 is 0. The van der Waals surface area contributed by atoms with E-state index in [1.54, 1.807) is 4.31 Å². The smallest absolute Gasteiger partial charge is 0.282 e. The Kier molecular flexibility index (Phi) is 4.88. The summed E-state index contributed by atoms with van der Waals surface area (Å²) < 4.78 is 29.7. The Hall–Kier alpha value is -0.170. The second kappa shape index (κ2) is 6.52. The quantitative estimate of drug-likeness (QED) is 0.757. The van der Waals surface area contributed by atoms with Crippen molar-refractivity contribution in [2.24, 2.45) is 5.92 Å². The molecule has 3 atom stereocenters. The summed E-state index contributed by atoms with van der Waals surface area (Å²) in [4.78, 5) is 0. The second-order valence-electron chi connectivity index (χ2n) is 6.87. The Labute approximate surface area is 129 Å². The minimum absolute atomic E-state index is 0.148.